The Morgan fingerprint density at radius 2 is 2.39 bits per heavy atom. The van der Waals surface area contributed by atoms with Crippen molar-refractivity contribution in [2.24, 2.45) is 11.7 Å². The third-order valence-corrected chi connectivity index (χ3v) is 3.58. The summed E-state index contributed by atoms with van der Waals surface area (Å²) < 4.78 is 5.52. The van der Waals surface area contributed by atoms with E-state index in [0.29, 0.717) is 0 Å². The topological polar surface area (TPSA) is 64.3 Å². The van der Waals surface area contributed by atoms with Crippen molar-refractivity contribution in [1.82, 2.24) is 5.32 Å². The summed E-state index contributed by atoms with van der Waals surface area (Å²) in [5.74, 6) is -0.0721. The standard InChI is InChI=1S/C13H22N2O2S/c1-4-5-6-10-7-13(3,17-11(10)16)9(2)8-15-12(14)18/h8,10H,4-7H2,1-3H3,(H3,14,15,18)/t10-,13+/m0/s1. The average molecular weight is 270 g/mol. The van der Waals surface area contributed by atoms with Gasteiger partial charge in [0.15, 0.2) is 5.11 Å². The number of carbonyl (C=O) groups excluding carboxylic acids is 1. The first-order valence-corrected chi connectivity index (χ1v) is 6.76. The lowest BCUT2D eigenvalue weighted by Gasteiger charge is -2.23. The van der Waals surface area contributed by atoms with Gasteiger partial charge in [0, 0.05) is 12.6 Å². The van der Waals surface area contributed by atoms with Crippen LogP contribution in [0.3, 0.4) is 0 Å². The van der Waals surface area contributed by atoms with Gasteiger partial charge in [-0.25, -0.2) is 0 Å². The summed E-state index contributed by atoms with van der Waals surface area (Å²) >= 11 is 4.74. The van der Waals surface area contributed by atoms with Crippen LogP contribution in [0, 0.1) is 5.92 Å². The van der Waals surface area contributed by atoms with Crippen LogP contribution in [0.25, 0.3) is 0 Å². The van der Waals surface area contributed by atoms with Crippen LogP contribution in [0.1, 0.15) is 46.5 Å². The Morgan fingerprint density at radius 1 is 1.72 bits per heavy atom. The fourth-order valence-corrected chi connectivity index (χ4v) is 2.20. The van der Waals surface area contributed by atoms with Crippen LogP contribution >= 0.6 is 12.2 Å². The summed E-state index contributed by atoms with van der Waals surface area (Å²) in [7, 11) is 0. The zero-order chi connectivity index (χ0) is 13.8. The van der Waals surface area contributed by atoms with E-state index in [9.17, 15) is 4.79 Å². The lowest BCUT2D eigenvalue weighted by atomic mass is 9.87. The van der Waals surface area contributed by atoms with Crippen molar-refractivity contribution >= 4 is 23.3 Å². The summed E-state index contributed by atoms with van der Waals surface area (Å²) in [4.78, 5) is 11.8. The Hall–Kier alpha value is -1.10. The molecule has 0 aromatic carbocycles. The van der Waals surface area contributed by atoms with E-state index in [1.165, 1.54) is 0 Å². The molecule has 1 saturated heterocycles. The quantitative estimate of drug-likeness (QED) is 0.592. The molecule has 1 rings (SSSR count). The minimum Gasteiger partial charge on any atom is -0.455 e. The maximum atomic E-state index is 11.8. The molecular weight excluding hydrogens is 248 g/mol. The number of thiocarbonyl (C=S) groups is 1. The number of rotatable bonds is 5. The molecule has 18 heavy (non-hydrogen) atoms. The number of cyclic esters (lactones) is 1. The third-order valence-electron chi connectivity index (χ3n) is 3.47. The predicted molar refractivity (Wildman–Crippen MR) is 75.8 cm³/mol. The van der Waals surface area contributed by atoms with Crippen LogP contribution in [0.15, 0.2) is 11.8 Å². The number of nitrogens with two attached hydrogens (primary N) is 1. The zero-order valence-corrected chi connectivity index (χ0v) is 12.1. The minimum atomic E-state index is -0.534. The first-order valence-electron chi connectivity index (χ1n) is 6.35. The van der Waals surface area contributed by atoms with E-state index < -0.39 is 5.60 Å². The van der Waals surface area contributed by atoms with Crippen molar-refractivity contribution in [3.8, 4) is 0 Å². The molecule has 5 heteroatoms. The van der Waals surface area contributed by atoms with Gasteiger partial charge in [-0.1, -0.05) is 19.8 Å². The van der Waals surface area contributed by atoms with Gasteiger partial charge in [-0.2, -0.15) is 0 Å². The van der Waals surface area contributed by atoms with Crippen molar-refractivity contribution in [3.05, 3.63) is 11.8 Å². The fourth-order valence-electron chi connectivity index (χ4n) is 2.14. The van der Waals surface area contributed by atoms with Crippen LogP contribution in [-0.2, 0) is 9.53 Å². The monoisotopic (exact) mass is 270 g/mol. The summed E-state index contributed by atoms with van der Waals surface area (Å²) in [6, 6.07) is 0. The molecule has 0 aromatic heterocycles. The normalized spacial score (nSPS) is 28.1. The molecule has 0 aliphatic carbocycles. The Balaban J connectivity index is 2.68. The number of carbonyl (C=O) groups is 1. The number of hydrogen-bond acceptors (Lipinski definition) is 3. The SMILES string of the molecule is CCCC[C@H]1C[C@](C)(C(C)=CNC(N)=S)OC1=O. The van der Waals surface area contributed by atoms with E-state index in [-0.39, 0.29) is 17.0 Å². The second-order valence-electron chi connectivity index (χ2n) is 5.03. The number of unbranched alkanes of at least 4 members (excludes halogenated alkanes) is 1. The first kappa shape index (κ1) is 15.0. The summed E-state index contributed by atoms with van der Waals surface area (Å²) in [5.41, 5.74) is 5.77. The lowest BCUT2D eigenvalue weighted by molar-refractivity contribution is -0.147. The molecule has 0 bridgehead atoms. The van der Waals surface area contributed by atoms with E-state index in [1.807, 2.05) is 13.8 Å². The maximum Gasteiger partial charge on any atom is 0.309 e. The van der Waals surface area contributed by atoms with Crippen molar-refractivity contribution < 1.29 is 9.53 Å². The van der Waals surface area contributed by atoms with Crippen LogP contribution in [0.4, 0.5) is 0 Å². The molecule has 3 N–H and O–H groups in total. The molecule has 0 spiro atoms. The lowest BCUT2D eigenvalue weighted by Crippen LogP contribution is -2.30. The fraction of sp³-hybridized carbons (Fsp3) is 0.692. The van der Waals surface area contributed by atoms with Gasteiger partial charge in [0.2, 0.25) is 0 Å². The van der Waals surface area contributed by atoms with Crippen molar-refractivity contribution in [1.29, 1.82) is 0 Å². The number of ether oxygens (including phenoxy) is 1. The molecule has 4 nitrogen and oxygen atoms in total. The van der Waals surface area contributed by atoms with Gasteiger partial charge >= 0.3 is 5.97 Å². The minimum absolute atomic E-state index is 0.0168. The molecule has 1 fully saturated rings. The van der Waals surface area contributed by atoms with Gasteiger partial charge in [0.05, 0.1) is 5.92 Å². The first-order chi connectivity index (χ1) is 8.39. The molecule has 1 heterocycles. The second-order valence-corrected chi connectivity index (χ2v) is 5.47. The van der Waals surface area contributed by atoms with Crippen LogP contribution in [0.5, 0.6) is 0 Å². The van der Waals surface area contributed by atoms with Gasteiger partial charge < -0.3 is 15.8 Å². The summed E-state index contributed by atoms with van der Waals surface area (Å²) in [6.45, 7) is 5.97. The highest BCUT2D eigenvalue weighted by Gasteiger charge is 2.43. The van der Waals surface area contributed by atoms with Crippen molar-refractivity contribution in [2.75, 3.05) is 0 Å². The molecular formula is C13H22N2O2S. The van der Waals surface area contributed by atoms with E-state index in [0.717, 1.165) is 31.3 Å². The van der Waals surface area contributed by atoms with Crippen molar-refractivity contribution in [3.63, 3.8) is 0 Å². The van der Waals surface area contributed by atoms with Gasteiger partial charge in [-0.05, 0) is 38.1 Å². The Bertz CT molecular complexity index is 368. The summed E-state index contributed by atoms with van der Waals surface area (Å²) in [6.07, 6.45) is 5.51. The zero-order valence-electron chi connectivity index (χ0n) is 11.3. The molecule has 1 aliphatic rings. The van der Waals surface area contributed by atoms with E-state index in [2.05, 4.69) is 12.2 Å². The van der Waals surface area contributed by atoms with Crippen molar-refractivity contribution in [2.45, 2.75) is 52.1 Å². The molecule has 1 aliphatic heterocycles. The number of hydrogen-bond donors (Lipinski definition) is 2. The highest BCUT2D eigenvalue weighted by Crippen LogP contribution is 2.38. The molecule has 0 radical (unpaired) electrons. The summed E-state index contributed by atoms with van der Waals surface area (Å²) in [5, 5.41) is 2.99. The van der Waals surface area contributed by atoms with E-state index >= 15 is 0 Å². The highest BCUT2D eigenvalue weighted by atomic mass is 32.1. The molecule has 0 aromatic rings. The van der Waals surface area contributed by atoms with Crippen LogP contribution < -0.4 is 11.1 Å². The van der Waals surface area contributed by atoms with Gasteiger partial charge in [-0.3, -0.25) is 4.79 Å². The Kier molecular flexibility index (Phi) is 5.14. The third kappa shape index (κ3) is 3.70. The second kappa shape index (κ2) is 6.18. The average Bonchev–Trinajstić information content (AvgIpc) is 2.59. The molecule has 0 amide bonds. The number of esters is 1. The Labute approximate surface area is 114 Å². The smallest absolute Gasteiger partial charge is 0.309 e. The van der Waals surface area contributed by atoms with Gasteiger partial charge in [-0.15, -0.1) is 0 Å². The van der Waals surface area contributed by atoms with Gasteiger partial charge in [0.25, 0.3) is 0 Å². The molecule has 0 unspecified atom stereocenters. The molecule has 0 saturated carbocycles. The Morgan fingerprint density at radius 3 is 2.94 bits per heavy atom. The van der Waals surface area contributed by atoms with E-state index in [1.54, 1.807) is 6.20 Å². The number of nitrogens with one attached hydrogen (secondary N) is 1. The maximum absolute atomic E-state index is 11.8. The largest absolute Gasteiger partial charge is 0.455 e. The van der Waals surface area contributed by atoms with E-state index in [4.69, 9.17) is 22.7 Å². The molecule has 102 valence electrons. The highest BCUT2D eigenvalue weighted by molar-refractivity contribution is 7.80. The van der Waals surface area contributed by atoms with Crippen LogP contribution in [-0.4, -0.2) is 16.7 Å². The predicted octanol–water partition coefficient (Wildman–Crippen LogP) is 2.24. The van der Waals surface area contributed by atoms with Gasteiger partial charge in [0.1, 0.15) is 5.60 Å². The molecule has 2 atom stereocenters. The van der Waals surface area contributed by atoms with Crippen LogP contribution in [0.2, 0.25) is 0 Å².